The zero-order valence-electron chi connectivity index (χ0n) is 9.86. The highest BCUT2D eigenvalue weighted by Gasteiger charge is 2.10. The summed E-state index contributed by atoms with van der Waals surface area (Å²) < 4.78 is 2.07. The smallest absolute Gasteiger partial charge is 0.304 e. The molecule has 2 N–H and O–H groups in total. The van der Waals surface area contributed by atoms with Gasteiger partial charge in [-0.3, -0.25) is 9.20 Å². The molecule has 2 rings (SSSR count). The standard InChI is InChI=1S/C11H15N3O2S/c1-7-6-14-9(5-12-4-3-10(15)16)8(2)13-11(14)17-7/h6,12H,3-5H2,1-2H3,(H,15,16). The van der Waals surface area contributed by atoms with Gasteiger partial charge in [0, 0.05) is 24.2 Å². The summed E-state index contributed by atoms with van der Waals surface area (Å²) in [6, 6.07) is 0. The minimum atomic E-state index is -0.779. The Kier molecular flexibility index (Phi) is 3.44. The van der Waals surface area contributed by atoms with Gasteiger partial charge in [0.15, 0.2) is 4.96 Å². The van der Waals surface area contributed by atoms with Gasteiger partial charge in [-0.1, -0.05) is 0 Å². The molecule has 0 aromatic carbocycles. The topological polar surface area (TPSA) is 66.6 Å². The van der Waals surface area contributed by atoms with Crippen LogP contribution in [-0.4, -0.2) is 27.0 Å². The summed E-state index contributed by atoms with van der Waals surface area (Å²) in [5.41, 5.74) is 2.11. The van der Waals surface area contributed by atoms with Crippen LogP contribution in [0.1, 0.15) is 22.7 Å². The molecule has 5 nitrogen and oxygen atoms in total. The molecular weight excluding hydrogens is 238 g/mol. The van der Waals surface area contributed by atoms with Crippen LogP contribution >= 0.6 is 11.3 Å². The van der Waals surface area contributed by atoms with E-state index < -0.39 is 5.97 Å². The number of fused-ring (bicyclic) bond motifs is 1. The molecule has 0 amide bonds. The Balaban J connectivity index is 2.06. The Bertz CT molecular complexity index is 544. The van der Waals surface area contributed by atoms with Gasteiger partial charge >= 0.3 is 5.97 Å². The number of thiazole rings is 1. The third-order valence-corrected chi connectivity index (χ3v) is 3.45. The number of aliphatic carboxylic acids is 1. The molecule has 0 saturated heterocycles. The molecule has 0 unspecified atom stereocenters. The lowest BCUT2D eigenvalue weighted by molar-refractivity contribution is -0.136. The van der Waals surface area contributed by atoms with Gasteiger partial charge in [0.25, 0.3) is 0 Å². The molecule has 0 saturated carbocycles. The van der Waals surface area contributed by atoms with Crippen molar-refractivity contribution in [2.45, 2.75) is 26.8 Å². The summed E-state index contributed by atoms with van der Waals surface area (Å²) in [6.45, 7) is 5.15. The fraction of sp³-hybridized carbons (Fsp3) is 0.455. The fourth-order valence-corrected chi connectivity index (χ4v) is 2.61. The summed E-state index contributed by atoms with van der Waals surface area (Å²) in [5, 5.41) is 11.7. The second-order valence-corrected chi connectivity index (χ2v) is 5.17. The Labute approximate surface area is 103 Å². The first-order valence-electron chi connectivity index (χ1n) is 5.44. The highest BCUT2D eigenvalue weighted by atomic mass is 32.1. The molecule has 2 aromatic rings. The number of aromatic nitrogens is 2. The van der Waals surface area contributed by atoms with Gasteiger partial charge in [0.05, 0.1) is 17.8 Å². The first-order valence-corrected chi connectivity index (χ1v) is 6.26. The minimum Gasteiger partial charge on any atom is -0.481 e. The van der Waals surface area contributed by atoms with Gasteiger partial charge in [-0.25, -0.2) is 4.98 Å². The van der Waals surface area contributed by atoms with Gasteiger partial charge in [-0.15, -0.1) is 11.3 Å². The Hall–Kier alpha value is -1.40. The number of hydrogen-bond acceptors (Lipinski definition) is 4. The highest BCUT2D eigenvalue weighted by Crippen LogP contribution is 2.20. The summed E-state index contributed by atoms with van der Waals surface area (Å²) in [7, 11) is 0. The van der Waals surface area contributed by atoms with E-state index in [1.807, 2.05) is 6.92 Å². The maximum absolute atomic E-state index is 10.4. The van der Waals surface area contributed by atoms with Crippen molar-refractivity contribution in [3.05, 3.63) is 22.5 Å². The van der Waals surface area contributed by atoms with Crippen molar-refractivity contribution in [1.82, 2.24) is 14.7 Å². The number of imidazole rings is 1. The number of carbonyl (C=O) groups is 1. The van der Waals surface area contributed by atoms with Crippen molar-refractivity contribution >= 4 is 22.3 Å². The first-order chi connectivity index (χ1) is 8.08. The zero-order chi connectivity index (χ0) is 12.4. The Morgan fingerprint density at radius 1 is 1.59 bits per heavy atom. The molecule has 0 atom stereocenters. The third-order valence-electron chi connectivity index (χ3n) is 2.55. The van der Waals surface area contributed by atoms with E-state index in [9.17, 15) is 4.79 Å². The second kappa shape index (κ2) is 4.85. The zero-order valence-corrected chi connectivity index (χ0v) is 10.7. The lowest BCUT2D eigenvalue weighted by Crippen LogP contribution is -2.18. The van der Waals surface area contributed by atoms with Crippen molar-refractivity contribution in [3.63, 3.8) is 0 Å². The first kappa shape index (κ1) is 12.1. The van der Waals surface area contributed by atoms with Crippen LogP contribution in [-0.2, 0) is 11.3 Å². The van der Waals surface area contributed by atoms with E-state index in [-0.39, 0.29) is 6.42 Å². The molecule has 0 radical (unpaired) electrons. The van der Waals surface area contributed by atoms with Crippen molar-refractivity contribution in [3.8, 4) is 0 Å². The van der Waals surface area contributed by atoms with Crippen LogP contribution in [0.4, 0.5) is 0 Å². The summed E-state index contributed by atoms with van der Waals surface area (Å²) >= 11 is 1.66. The number of hydrogen-bond donors (Lipinski definition) is 2. The van der Waals surface area contributed by atoms with Crippen LogP contribution in [0.25, 0.3) is 4.96 Å². The van der Waals surface area contributed by atoms with Crippen molar-refractivity contribution in [1.29, 1.82) is 0 Å². The number of nitrogens with one attached hydrogen (secondary N) is 1. The maximum Gasteiger partial charge on any atom is 0.304 e. The summed E-state index contributed by atoms with van der Waals surface area (Å²) in [6.07, 6.45) is 2.21. The van der Waals surface area contributed by atoms with E-state index in [0.717, 1.165) is 16.3 Å². The third kappa shape index (κ3) is 2.65. The largest absolute Gasteiger partial charge is 0.481 e. The summed E-state index contributed by atoms with van der Waals surface area (Å²) in [4.78, 5) is 17.1. The van der Waals surface area contributed by atoms with Gasteiger partial charge in [0.2, 0.25) is 0 Å². The van der Waals surface area contributed by atoms with Crippen LogP contribution in [0, 0.1) is 13.8 Å². The average molecular weight is 253 g/mol. The SMILES string of the molecule is Cc1cn2c(CNCCC(=O)O)c(C)nc2s1. The van der Waals surface area contributed by atoms with Gasteiger partial charge in [-0.2, -0.15) is 0 Å². The van der Waals surface area contributed by atoms with Crippen LogP contribution in [0.3, 0.4) is 0 Å². The molecule has 2 aromatic heterocycles. The molecule has 0 fully saturated rings. The molecule has 17 heavy (non-hydrogen) atoms. The normalized spacial score (nSPS) is 11.2. The molecule has 0 spiro atoms. The predicted molar refractivity (Wildman–Crippen MR) is 66.5 cm³/mol. The van der Waals surface area contributed by atoms with Gasteiger partial charge in [-0.05, 0) is 13.8 Å². The van der Waals surface area contributed by atoms with E-state index in [2.05, 4.69) is 27.8 Å². The summed E-state index contributed by atoms with van der Waals surface area (Å²) in [5.74, 6) is -0.779. The number of nitrogens with zero attached hydrogens (tertiary/aromatic N) is 2. The van der Waals surface area contributed by atoms with Gasteiger partial charge < -0.3 is 10.4 Å². The predicted octanol–water partition coefficient (Wildman–Crippen LogP) is 1.58. The molecule has 2 heterocycles. The molecule has 0 aliphatic rings. The van der Waals surface area contributed by atoms with Gasteiger partial charge in [0.1, 0.15) is 0 Å². The lowest BCUT2D eigenvalue weighted by atomic mass is 10.3. The van der Waals surface area contributed by atoms with Crippen LogP contribution in [0.15, 0.2) is 6.20 Å². The van der Waals surface area contributed by atoms with Crippen molar-refractivity contribution in [2.75, 3.05) is 6.54 Å². The van der Waals surface area contributed by atoms with E-state index in [1.54, 1.807) is 11.3 Å². The molecule has 0 aliphatic carbocycles. The highest BCUT2D eigenvalue weighted by molar-refractivity contribution is 7.17. The molecule has 0 bridgehead atoms. The monoisotopic (exact) mass is 253 g/mol. The fourth-order valence-electron chi connectivity index (χ4n) is 1.72. The number of rotatable bonds is 5. The van der Waals surface area contributed by atoms with Crippen molar-refractivity contribution in [2.24, 2.45) is 0 Å². The van der Waals surface area contributed by atoms with E-state index >= 15 is 0 Å². The van der Waals surface area contributed by atoms with Crippen LogP contribution < -0.4 is 5.32 Å². The number of aryl methyl sites for hydroxylation is 2. The van der Waals surface area contributed by atoms with Crippen molar-refractivity contribution < 1.29 is 9.90 Å². The lowest BCUT2D eigenvalue weighted by Gasteiger charge is -2.03. The average Bonchev–Trinajstić information content (AvgIpc) is 2.69. The van der Waals surface area contributed by atoms with E-state index in [0.29, 0.717) is 13.1 Å². The number of carboxylic acids is 1. The van der Waals surface area contributed by atoms with E-state index in [1.165, 1.54) is 4.88 Å². The quantitative estimate of drug-likeness (QED) is 0.794. The minimum absolute atomic E-state index is 0.143. The Morgan fingerprint density at radius 3 is 3.06 bits per heavy atom. The molecule has 6 heteroatoms. The number of carboxylic acid groups (broad SMARTS) is 1. The Morgan fingerprint density at radius 2 is 2.35 bits per heavy atom. The molecule has 0 aliphatic heterocycles. The molecular formula is C11H15N3O2S. The maximum atomic E-state index is 10.4. The second-order valence-electron chi connectivity index (χ2n) is 3.96. The molecule has 92 valence electrons. The van der Waals surface area contributed by atoms with E-state index in [4.69, 9.17) is 5.11 Å². The van der Waals surface area contributed by atoms with Crippen LogP contribution in [0.5, 0.6) is 0 Å². The van der Waals surface area contributed by atoms with Crippen LogP contribution in [0.2, 0.25) is 0 Å².